The first-order valence-electron chi connectivity index (χ1n) is 9.72. The van der Waals surface area contributed by atoms with Crippen molar-refractivity contribution < 1.29 is 9.15 Å². The standard InChI is InChI=1S/C21H27NO3S2/c1-16-14-20(23)25-19-15-17(8-9-18(16)19)24-12-6-3-7-13-27-21(26)22-10-4-2-5-11-22/h8-9,14-15H,2-7,10-13H2,1H3. The van der Waals surface area contributed by atoms with Crippen LogP contribution in [0.2, 0.25) is 0 Å². The van der Waals surface area contributed by atoms with E-state index in [1.165, 1.54) is 25.3 Å². The molecule has 6 heteroatoms. The van der Waals surface area contributed by atoms with Crippen molar-refractivity contribution in [2.24, 2.45) is 0 Å². The monoisotopic (exact) mass is 405 g/mol. The van der Waals surface area contributed by atoms with Gasteiger partial charge in [-0.1, -0.05) is 24.0 Å². The second-order valence-electron chi connectivity index (χ2n) is 6.98. The fourth-order valence-corrected chi connectivity index (χ4v) is 4.61. The molecule has 0 atom stereocenters. The Bertz CT molecular complexity index is 828. The number of hydrogen-bond acceptors (Lipinski definition) is 5. The first kappa shape index (κ1) is 20.2. The highest BCUT2D eigenvalue weighted by Gasteiger charge is 2.13. The van der Waals surface area contributed by atoms with Gasteiger partial charge in [-0.05, 0) is 63.1 Å². The highest BCUT2D eigenvalue weighted by atomic mass is 32.2. The van der Waals surface area contributed by atoms with Crippen LogP contribution in [0.5, 0.6) is 5.75 Å². The van der Waals surface area contributed by atoms with E-state index in [4.69, 9.17) is 21.4 Å². The number of nitrogens with zero attached hydrogens (tertiary/aromatic N) is 1. The minimum Gasteiger partial charge on any atom is -0.493 e. The number of thioether (sulfide) groups is 1. The second-order valence-corrected chi connectivity index (χ2v) is 8.71. The number of benzene rings is 1. The van der Waals surface area contributed by atoms with Crippen molar-refractivity contribution in [1.29, 1.82) is 0 Å². The maximum atomic E-state index is 11.5. The summed E-state index contributed by atoms with van der Waals surface area (Å²) in [5.74, 6) is 1.83. The van der Waals surface area contributed by atoms with E-state index >= 15 is 0 Å². The maximum Gasteiger partial charge on any atom is 0.336 e. The Morgan fingerprint density at radius 3 is 2.81 bits per heavy atom. The van der Waals surface area contributed by atoms with Gasteiger partial charge in [0.05, 0.1) is 6.61 Å². The molecule has 0 radical (unpaired) electrons. The van der Waals surface area contributed by atoms with Crippen LogP contribution >= 0.6 is 24.0 Å². The van der Waals surface area contributed by atoms with Crippen molar-refractivity contribution in [3.8, 4) is 5.75 Å². The molecule has 0 saturated carbocycles. The molecule has 1 aromatic heterocycles. The van der Waals surface area contributed by atoms with E-state index < -0.39 is 0 Å². The summed E-state index contributed by atoms with van der Waals surface area (Å²) in [6.07, 6.45) is 7.16. The SMILES string of the molecule is Cc1cc(=O)oc2cc(OCCCCCSC(=S)N3CCCCC3)ccc12. The quantitative estimate of drug-likeness (QED) is 0.360. The molecule has 1 aromatic carbocycles. The number of likely N-dealkylation sites (tertiary alicyclic amines) is 1. The molecule has 3 rings (SSSR count). The predicted molar refractivity (Wildman–Crippen MR) is 117 cm³/mol. The molecule has 2 aromatic rings. The topological polar surface area (TPSA) is 42.7 Å². The molecule has 0 aliphatic carbocycles. The Morgan fingerprint density at radius 2 is 2.00 bits per heavy atom. The molecule has 2 heterocycles. The van der Waals surface area contributed by atoms with E-state index in [1.54, 1.807) is 6.07 Å². The smallest absolute Gasteiger partial charge is 0.336 e. The number of ether oxygens (including phenoxy) is 1. The Kier molecular flexibility index (Phi) is 7.59. The summed E-state index contributed by atoms with van der Waals surface area (Å²) < 4.78 is 12.1. The largest absolute Gasteiger partial charge is 0.493 e. The summed E-state index contributed by atoms with van der Waals surface area (Å²) in [6, 6.07) is 7.19. The van der Waals surface area contributed by atoms with Crippen molar-refractivity contribution in [1.82, 2.24) is 4.90 Å². The van der Waals surface area contributed by atoms with Gasteiger partial charge in [0.2, 0.25) is 0 Å². The average molecular weight is 406 g/mol. The summed E-state index contributed by atoms with van der Waals surface area (Å²) in [5.41, 5.74) is 1.19. The van der Waals surface area contributed by atoms with Crippen LogP contribution in [0.25, 0.3) is 11.0 Å². The van der Waals surface area contributed by atoms with E-state index in [0.717, 1.165) is 59.1 Å². The molecule has 0 spiro atoms. The van der Waals surface area contributed by atoms with E-state index in [-0.39, 0.29) is 5.63 Å². The van der Waals surface area contributed by atoms with Gasteiger partial charge in [-0.15, -0.1) is 0 Å². The van der Waals surface area contributed by atoms with Gasteiger partial charge in [-0.3, -0.25) is 0 Å². The first-order chi connectivity index (χ1) is 13.1. The van der Waals surface area contributed by atoms with Crippen LogP contribution in [0, 0.1) is 6.92 Å². The van der Waals surface area contributed by atoms with Gasteiger partial charge >= 0.3 is 5.63 Å². The number of hydrogen-bond donors (Lipinski definition) is 0. The average Bonchev–Trinajstić information content (AvgIpc) is 2.67. The molecular weight excluding hydrogens is 378 g/mol. The summed E-state index contributed by atoms with van der Waals surface area (Å²) in [5, 5.41) is 0.948. The molecule has 27 heavy (non-hydrogen) atoms. The lowest BCUT2D eigenvalue weighted by atomic mass is 10.1. The molecule has 0 N–H and O–H groups in total. The van der Waals surface area contributed by atoms with Crippen LogP contribution in [-0.2, 0) is 0 Å². The maximum absolute atomic E-state index is 11.5. The lowest BCUT2D eigenvalue weighted by molar-refractivity contribution is 0.306. The molecule has 0 unspecified atom stereocenters. The summed E-state index contributed by atoms with van der Waals surface area (Å²) in [7, 11) is 0. The Balaban J connectivity index is 1.34. The van der Waals surface area contributed by atoms with E-state index in [2.05, 4.69) is 4.90 Å². The summed E-state index contributed by atoms with van der Waals surface area (Å²) in [6.45, 7) is 4.84. The summed E-state index contributed by atoms with van der Waals surface area (Å²) in [4.78, 5) is 13.9. The number of thiocarbonyl (C=S) groups is 1. The highest BCUT2D eigenvalue weighted by molar-refractivity contribution is 8.22. The lowest BCUT2D eigenvalue weighted by Crippen LogP contribution is -2.32. The third-order valence-corrected chi connectivity index (χ3v) is 6.43. The number of rotatable bonds is 7. The van der Waals surface area contributed by atoms with Gasteiger partial charge in [0.15, 0.2) is 0 Å². The van der Waals surface area contributed by atoms with Gasteiger partial charge in [-0.25, -0.2) is 4.79 Å². The lowest BCUT2D eigenvalue weighted by Gasteiger charge is -2.28. The van der Waals surface area contributed by atoms with Crippen LogP contribution < -0.4 is 10.4 Å². The molecule has 146 valence electrons. The molecule has 4 nitrogen and oxygen atoms in total. The third kappa shape index (κ3) is 5.98. The number of unbranched alkanes of at least 4 members (excludes halogenated alkanes) is 2. The van der Waals surface area contributed by atoms with Crippen LogP contribution in [0.15, 0.2) is 33.5 Å². The van der Waals surface area contributed by atoms with E-state index in [0.29, 0.717) is 12.2 Å². The predicted octanol–water partition coefficient (Wildman–Crippen LogP) is 5.15. The minimum atomic E-state index is -0.322. The van der Waals surface area contributed by atoms with Crippen LogP contribution in [-0.4, -0.2) is 34.7 Å². The molecular formula is C21H27NO3S2. The van der Waals surface area contributed by atoms with Crippen molar-refractivity contribution >= 4 is 39.3 Å². The van der Waals surface area contributed by atoms with Gasteiger partial charge in [0, 0.05) is 36.4 Å². The van der Waals surface area contributed by atoms with Crippen LogP contribution in [0.4, 0.5) is 0 Å². The van der Waals surface area contributed by atoms with Crippen molar-refractivity contribution in [2.45, 2.75) is 45.4 Å². The van der Waals surface area contributed by atoms with Gasteiger partial charge in [0.1, 0.15) is 15.7 Å². The molecule has 1 fully saturated rings. The van der Waals surface area contributed by atoms with Crippen molar-refractivity contribution in [3.05, 3.63) is 40.2 Å². The number of piperidine rings is 1. The number of aryl methyl sites for hydroxylation is 1. The van der Waals surface area contributed by atoms with Gasteiger partial charge in [-0.2, -0.15) is 0 Å². The molecule has 1 aliphatic heterocycles. The van der Waals surface area contributed by atoms with Gasteiger partial charge in [0.25, 0.3) is 0 Å². The fourth-order valence-electron chi connectivity index (χ4n) is 3.29. The zero-order valence-corrected chi connectivity index (χ0v) is 17.5. The molecule has 0 bridgehead atoms. The highest BCUT2D eigenvalue weighted by Crippen LogP contribution is 2.22. The summed E-state index contributed by atoms with van der Waals surface area (Å²) >= 11 is 7.34. The third-order valence-electron chi connectivity index (χ3n) is 4.82. The van der Waals surface area contributed by atoms with Crippen molar-refractivity contribution in [3.63, 3.8) is 0 Å². The molecule has 0 amide bonds. The normalized spacial score (nSPS) is 14.5. The van der Waals surface area contributed by atoms with Crippen molar-refractivity contribution in [2.75, 3.05) is 25.4 Å². The minimum absolute atomic E-state index is 0.322. The van der Waals surface area contributed by atoms with E-state index in [1.807, 2.05) is 30.8 Å². The van der Waals surface area contributed by atoms with E-state index in [9.17, 15) is 4.79 Å². The Labute approximate surface area is 170 Å². The number of fused-ring (bicyclic) bond motifs is 1. The Morgan fingerprint density at radius 1 is 1.19 bits per heavy atom. The van der Waals surface area contributed by atoms with Crippen LogP contribution in [0.3, 0.4) is 0 Å². The van der Waals surface area contributed by atoms with Crippen LogP contribution in [0.1, 0.15) is 44.1 Å². The second kappa shape index (κ2) is 10.1. The molecule has 1 saturated heterocycles. The molecule has 1 aliphatic rings. The van der Waals surface area contributed by atoms with Gasteiger partial charge < -0.3 is 14.1 Å². The first-order valence-corrected chi connectivity index (χ1v) is 11.1. The fraction of sp³-hybridized carbons (Fsp3) is 0.524. The zero-order valence-electron chi connectivity index (χ0n) is 15.9. The Hall–Kier alpha value is -1.53. The zero-order chi connectivity index (χ0) is 19.1.